The second kappa shape index (κ2) is 4.34. The van der Waals surface area contributed by atoms with Gasteiger partial charge in [-0.05, 0) is 29.2 Å². The molecule has 4 heteroatoms. The average Bonchev–Trinajstić information content (AvgIpc) is 2.45. The van der Waals surface area contributed by atoms with Crippen LogP contribution in [-0.2, 0) is 5.92 Å². The molecule has 114 valence electrons. The predicted molar refractivity (Wildman–Crippen MR) is 76.8 cm³/mol. The summed E-state index contributed by atoms with van der Waals surface area (Å²) in [4.78, 5) is 0. The van der Waals surface area contributed by atoms with Crippen LogP contribution in [0.3, 0.4) is 0 Å². The first-order valence-electron chi connectivity index (χ1n) is 7.37. The third-order valence-corrected chi connectivity index (χ3v) is 4.77. The average molecular weight is 306 g/mol. The summed E-state index contributed by atoms with van der Waals surface area (Å²) in [7, 11) is 0. The molecule has 1 aromatic carbocycles. The lowest BCUT2D eigenvalue weighted by Gasteiger charge is -2.38. The molecule has 0 saturated heterocycles. The van der Waals surface area contributed by atoms with Crippen LogP contribution in [0.15, 0.2) is 53.6 Å². The fraction of sp³-hybridized carbons (Fsp3) is 0.333. The Morgan fingerprint density at radius 3 is 2.59 bits per heavy atom. The standard InChI is InChI=1S/C18H14F4/c19-17(20)8-7-12-11(9-17)5-6-13-14-3-1-2-4-16(14)18(21,22)10-15(12)13/h1-6,10,12H,7-9H2. The van der Waals surface area contributed by atoms with Gasteiger partial charge < -0.3 is 0 Å². The first-order chi connectivity index (χ1) is 10.4. The van der Waals surface area contributed by atoms with E-state index in [2.05, 4.69) is 0 Å². The number of allylic oxidation sites excluding steroid dienone is 6. The van der Waals surface area contributed by atoms with E-state index in [1.807, 2.05) is 0 Å². The van der Waals surface area contributed by atoms with E-state index >= 15 is 0 Å². The fourth-order valence-corrected chi connectivity index (χ4v) is 3.76. The van der Waals surface area contributed by atoms with Crippen LogP contribution >= 0.6 is 0 Å². The first kappa shape index (κ1) is 13.8. The minimum atomic E-state index is -3.05. The summed E-state index contributed by atoms with van der Waals surface area (Å²) in [5, 5.41) is 0. The quantitative estimate of drug-likeness (QED) is 0.557. The molecule has 1 atom stereocenters. The lowest BCUT2D eigenvalue weighted by molar-refractivity contribution is -0.0244. The van der Waals surface area contributed by atoms with E-state index in [1.54, 1.807) is 30.4 Å². The molecular weight excluding hydrogens is 292 g/mol. The van der Waals surface area contributed by atoms with Crippen molar-refractivity contribution >= 4 is 5.57 Å². The highest BCUT2D eigenvalue weighted by Gasteiger charge is 2.45. The first-order valence-corrected chi connectivity index (χ1v) is 7.37. The maximum atomic E-state index is 14.4. The normalized spacial score (nSPS) is 27.6. The molecule has 0 amide bonds. The molecule has 0 nitrogen and oxygen atoms in total. The van der Waals surface area contributed by atoms with Gasteiger partial charge in [0.1, 0.15) is 0 Å². The molecule has 0 radical (unpaired) electrons. The largest absolute Gasteiger partial charge is 0.292 e. The third-order valence-electron chi connectivity index (χ3n) is 4.77. The lowest BCUT2D eigenvalue weighted by Crippen LogP contribution is -2.31. The molecule has 1 aromatic rings. The van der Waals surface area contributed by atoms with Crippen LogP contribution in [0.1, 0.15) is 30.4 Å². The SMILES string of the molecule is FC1(F)CCC2C(=CC=C3C2=CC(F)(F)c2ccccc23)C1. The summed E-state index contributed by atoms with van der Waals surface area (Å²) >= 11 is 0. The molecular formula is C18H14F4. The zero-order valence-electron chi connectivity index (χ0n) is 11.8. The number of alkyl halides is 4. The van der Waals surface area contributed by atoms with Crippen LogP contribution in [0.25, 0.3) is 5.57 Å². The van der Waals surface area contributed by atoms with Gasteiger partial charge in [-0.2, -0.15) is 8.78 Å². The second-order valence-electron chi connectivity index (χ2n) is 6.21. The maximum absolute atomic E-state index is 14.4. The second-order valence-corrected chi connectivity index (χ2v) is 6.21. The molecule has 22 heavy (non-hydrogen) atoms. The van der Waals surface area contributed by atoms with Crippen molar-refractivity contribution in [1.82, 2.24) is 0 Å². The summed E-state index contributed by atoms with van der Waals surface area (Å²) in [6, 6.07) is 6.43. The van der Waals surface area contributed by atoms with E-state index in [0.717, 1.165) is 11.6 Å². The van der Waals surface area contributed by atoms with Gasteiger partial charge in [0.15, 0.2) is 0 Å². The minimum absolute atomic E-state index is 0.0111. The number of hydrogen-bond acceptors (Lipinski definition) is 0. The van der Waals surface area contributed by atoms with Crippen LogP contribution in [0.4, 0.5) is 17.6 Å². The molecule has 1 saturated carbocycles. The minimum Gasteiger partial charge on any atom is -0.207 e. The van der Waals surface area contributed by atoms with Gasteiger partial charge >= 0.3 is 0 Å². The zero-order valence-corrected chi connectivity index (χ0v) is 11.8. The van der Waals surface area contributed by atoms with E-state index in [0.29, 0.717) is 16.7 Å². The highest BCUT2D eigenvalue weighted by atomic mass is 19.3. The van der Waals surface area contributed by atoms with Gasteiger partial charge in [0.05, 0.1) is 0 Å². The molecule has 4 rings (SSSR count). The Hall–Kier alpha value is -1.84. The summed E-state index contributed by atoms with van der Waals surface area (Å²) in [5.41, 5.74) is 2.33. The van der Waals surface area contributed by atoms with Gasteiger partial charge in [0.2, 0.25) is 0 Å². The van der Waals surface area contributed by atoms with Gasteiger partial charge in [-0.1, -0.05) is 42.0 Å². The van der Waals surface area contributed by atoms with Crippen molar-refractivity contribution in [1.29, 1.82) is 0 Å². The van der Waals surface area contributed by atoms with Gasteiger partial charge in [-0.25, -0.2) is 8.78 Å². The van der Waals surface area contributed by atoms with Gasteiger partial charge in [-0.3, -0.25) is 0 Å². The molecule has 1 unspecified atom stereocenters. The topological polar surface area (TPSA) is 0 Å². The lowest BCUT2D eigenvalue weighted by atomic mass is 9.69. The Morgan fingerprint density at radius 2 is 1.77 bits per heavy atom. The molecule has 3 aliphatic rings. The molecule has 0 heterocycles. The molecule has 3 aliphatic carbocycles. The Bertz CT molecular complexity index is 737. The van der Waals surface area contributed by atoms with Crippen molar-refractivity contribution in [3.05, 3.63) is 64.8 Å². The van der Waals surface area contributed by atoms with Gasteiger partial charge in [0, 0.05) is 24.3 Å². The zero-order chi connectivity index (χ0) is 15.5. The maximum Gasteiger partial charge on any atom is 0.292 e. The van der Waals surface area contributed by atoms with E-state index in [4.69, 9.17) is 0 Å². The highest BCUT2D eigenvalue weighted by molar-refractivity contribution is 5.87. The summed E-state index contributed by atoms with van der Waals surface area (Å²) in [5.74, 6) is -6.08. The third kappa shape index (κ3) is 1.97. The molecule has 0 aliphatic heterocycles. The smallest absolute Gasteiger partial charge is 0.207 e. The number of hydrogen-bond donors (Lipinski definition) is 0. The van der Waals surface area contributed by atoms with Crippen molar-refractivity contribution in [2.75, 3.05) is 0 Å². The monoisotopic (exact) mass is 306 g/mol. The van der Waals surface area contributed by atoms with E-state index in [-0.39, 0.29) is 30.7 Å². The van der Waals surface area contributed by atoms with Crippen LogP contribution in [0.2, 0.25) is 0 Å². The van der Waals surface area contributed by atoms with E-state index in [1.165, 1.54) is 6.07 Å². The van der Waals surface area contributed by atoms with Crippen molar-refractivity contribution in [2.24, 2.45) is 5.92 Å². The molecule has 0 N–H and O–H groups in total. The number of benzene rings is 1. The van der Waals surface area contributed by atoms with Gasteiger partial charge in [-0.15, -0.1) is 0 Å². The van der Waals surface area contributed by atoms with Crippen molar-refractivity contribution in [2.45, 2.75) is 31.1 Å². The van der Waals surface area contributed by atoms with Crippen LogP contribution in [0, 0.1) is 5.92 Å². The Balaban J connectivity index is 1.87. The predicted octanol–water partition coefficient (Wildman–Crippen LogP) is 5.48. The van der Waals surface area contributed by atoms with Gasteiger partial charge in [0.25, 0.3) is 11.8 Å². The summed E-state index contributed by atoms with van der Waals surface area (Å²) in [6.45, 7) is 0. The van der Waals surface area contributed by atoms with E-state index in [9.17, 15) is 17.6 Å². The van der Waals surface area contributed by atoms with Crippen molar-refractivity contribution in [3.63, 3.8) is 0 Å². The van der Waals surface area contributed by atoms with Crippen LogP contribution in [0.5, 0.6) is 0 Å². The Labute approximate surface area is 125 Å². The van der Waals surface area contributed by atoms with Crippen LogP contribution in [-0.4, -0.2) is 5.92 Å². The number of halogens is 4. The molecule has 0 bridgehead atoms. The van der Waals surface area contributed by atoms with Crippen LogP contribution < -0.4 is 0 Å². The highest BCUT2D eigenvalue weighted by Crippen LogP contribution is 2.53. The fourth-order valence-electron chi connectivity index (χ4n) is 3.76. The van der Waals surface area contributed by atoms with Crippen molar-refractivity contribution < 1.29 is 17.6 Å². The number of fused-ring (bicyclic) bond motifs is 5. The Morgan fingerprint density at radius 1 is 1.00 bits per heavy atom. The summed E-state index contributed by atoms with van der Waals surface area (Å²) in [6.07, 6.45) is 4.04. The Kier molecular flexibility index (Phi) is 2.72. The van der Waals surface area contributed by atoms with Crippen molar-refractivity contribution in [3.8, 4) is 0 Å². The van der Waals surface area contributed by atoms with E-state index < -0.39 is 11.8 Å². The number of rotatable bonds is 0. The summed E-state index contributed by atoms with van der Waals surface area (Å²) < 4.78 is 55.9. The molecule has 0 aromatic heterocycles. The molecule has 1 fully saturated rings. The molecule has 0 spiro atoms.